The number of allylic oxidation sites excluding steroid dienone is 1. The molecule has 0 aliphatic carbocycles. The average Bonchev–Trinajstić information content (AvgIpc) is 2.48. The zero-order valence-electron chi connectivity index (χ0n) is 10.0. The van der Waals surface area contributed by atoms with Crippen molar-refractivity contribution in [3.63, 3.8) is 0 Å². The van der Waals surface area contributed by atoms with Crippen LogP contribution >= 0.6 is 0 Å². The number of nitrogens with zero attached hydrogens (tertiary/aromatic N) is 2. The van der Waals surface area contributed by atoms with Gasteiger partial charge in [0.05, 0.1) is 5.70 Å². The van der Waals surface area contributed by atoms with E-state index in [-0.39, 0.29) is 5.57 Å². The van der Waals surface area contributed by atoms with Gasteiger partial charge in [0.1, 0.15) is 12.1 Å². The highest BCUT2D eigenvalue weighted by molar-refractivity contribution is 5.99. The van der Waals surface area contributed by atoms with Gasteiger partial charge in [-0.25, -0.2) is 0 Å². The normalized spacial score (nSPS) is 11.4. The Bertz CT molecular complexity index is 757. The second-order valence-electron chi connectivity index (χ2n) is 4.19. The fourth-order valence-electron chi connectivity index (χ4n) is 2.30. The van der Waals surface area contributed by atoms with Gasteiger partial charge in [0, 0.05) is 16.8 Å². The highest BCUT2D eigenvalue weighted by atomic mass is 14.9. The van der Waals surface area contributed by atoms with E-state index in [4.69, 9.17) is 10.5 Å². The van der Waals surface area contributed by atoms with Gasteiger partial charge in [-0.1, -0.05) is 42.5 Å². The van der Waals surface area contributed by atoms with Crippen molar-refractivity contribution in [2.24, 2.45) is 0 Å². The molecule has 3 nitrogen and oxygen atoms in total. The van der Waals surface area contributed by atoms with Gasteiger partial charge in [0.15, 0.2) is 5.57 Å². The minimum Gasteiger partial charge on any atom is -0.353 e. The molecule has 0 atom stereocenters. The number of nitriles is 2. The van der Waals surface area contributed by atoms with E-state index in [0.29, 0.717) is 5.70 Å². The molecule has 19 heavy (non-hydrogen) atoms. The Hall–Kier alpha value is -3.04. The molecule has 0 bridgehead atoms. The minimum absolute atomic E-state index is 0.0990. The largest absolute Gasteiger partial charge is 0.353 e. The van der Waals surface area contributed by atoms with Crippen LogP contribution in [0.3, 0.4) is 0 Å². The number of nitrogens with one attached hydrogen (secondary N) is 1. The number of hydrogen-bond acceptors (Lipinski definition) is 3. The first kappa shape index (κ1) is 11.1. The van der Waals surface area contributed by atoms with Crippen molar-refractivity contribution in [3.8, 4) is 23.3 Å². The van der Waals surface area contributed by atoms with Gasteiger partial charge in [-0.05, 0) is 11.6 Å². The van der Waals surface area contributed by atoms with E-state index < -0.39 is 0 Å². The van der Waals surface area contributed by atoms with Crippen LogP contribution in [0, 0.1) is 22.7 Å². The lowest BCUT2D eigenvalue weighted by Gasteiger charge is -2.23. The van der Waals surface area contributed by atoms with Crippen LogP contribution in [0.2, 0.25) is 0 Å². The lowest BCUT2D eigenvalue weighted by atomic mass is 9.91. The molecule has 1 aliphatic heterocycles. The lowest BCUT2D eigenvalue weighted by molar-refractivity contribution is 1.41. The molecular formula is C16H9N3. The summed E-state index contributed by atoms with van der Waals surface area (Å²) in [7, 11) is 0. The molecule has 1 N–H and O–H groups in total. The van der Waals surface area contributed by atoms with Crippen LogP contribution in [0.25, 0.3) is 16.8 Å². The van der Waals surface area contributed by atoms with Crippen molar-refractivity contribution in [2.45, 2.75) is 0 Å². The van der Waals surface area contributed by atoms with Crippen LogP contribution < -0.4 is 5.32 Å². The second kappa shape index (κ2) is 4.33. The molecule has 0 spiro atoms. The van der Waals surface area contributed by atoms with Gasteiger partial charge >= 0.3 is 0 Å². The summed E-state index contributed by atoms with van der Waals surface area (Å²) in [6.07, 6.45) is 0. The van der Waals surface area contributed by atoms with Gasteiger partial charge in [-0.3, -0.25) is 0 Å². The highest BCUT2D eigenvalue weighted by Crippen LogP contribution is 2.40. The van der Waals surface area contributed by atoms with E-state index in [1.807, 2.05) is 60.7 Å². The lowest BCUT2D eigenvalue weighted by Crippen LogP contribution is -2.09. The summed E-state index contributed by atoms with van der Waals surface area (Å²) in [5.41, 5.74) is 4.60. The fourth-order valence-corrected chi connectivity index (χ4v) is 2.30. The molecular weight excluding hydrogens is 234 g/mol. The first-order valence-corrected chi connectivity index (χ1v) is 5.85. The van der Waals surface area contributed by atoms with Crippen molar-refractivity contribution in [3.05, 3.63) is 59.7 Å². The Morgan fingerprint density at radius 2 is 1.37 bits per heavy atom. The maximum atomic E-state index is 9.08. The van der Waals surface area contributed by atoms with Crippen molar-refractivity contribution in [2.75, 3.05) is 5.32 Å². The number of fused-ring (bicyclic) bond motifs is 3. The number of benzene rings is 2. The Morgan fingerprint density at radius 3 is 2.05 bits per heavy atom. The Balaban J connectivity index is 2.36. The number of rotatable bonds is 0. The molecule has 0 amide bonds. The van der Waals surface area contributed by atoms with Crippen molar-refractivity contribution in [1.29, 1.82) is 10.5 Å². The smallest absolute Gasteiger partial charge is 0.153 e. The predicted octanol–water partition coefficient (Wildman–Crippen LogP) is 3.54. The summed E-state index contributed by atoms with van der Waals surface area (Å²) in [5.74, 6) is 0. The van der Waals surface area contributed by atoms with Crippen LogP contribution in [0.15, 0.2) is 54.1 Å². The quantitative estimate of drug-likeness (QED) is 0.720. The number of para-hydroxylation sites is 1. The molecule has 1 heterocycles. The predicted molar refractivity (Wildman–Crippen MR) is 73.6 cm³/mol. The van der Waals surface area contributed by atoms with Crippen LogP contribution in [-0.4, -0.2) is 0 Å². The maximum absolute atomic E-state index is 9.08. The van der Waals surface area contributed by atoms with Gasteiger partial charge in [0.2, 0.25) is 0 Å². The maximum Gasteiger partial charge on any atom is 0.153 e. The van der Waals surface area contributed by atoms with Gasteiger partial charge in [-0.15, -0.1) is 0 Å². The monoisotopic (exact) mass is 243 g/mol. The molecule has 2 aromatic carbocycles. The van der Waals surface area contributed by atoms with E-state index in [9.17, 15) is 0 Å². The van der Waals surface area contributed by atoms with E-state index in [0.717, 1.165) is 22.4 Å². The van der Waals surface area contributed by atoms with Crippen LogP contribution in [-0.2, 0) is 0 Å². The Kier molecular flexibility index (Phi) is 2.52. The van der Waals surface area contributed by atoms with Gasteiger partial charge < -0.3 is 5.32 Å². The van der Waals surface area contributed by atoms with Crippen molar-refractivity contribution >= 4 is 11.4 Å². The molecule has 0 saturated carbocycles. The zero-order valence-corrected chi connectivity index (χ0v) is 10.0. The summed E-state index contributed by atoms with van der Waals surface area (Å²) >= 11 is 0. The van der Waals surface area contributed by atoms with Crippen LogP contribution in [0.1, 0.15) is 5.56 Å². The number of anilines is 1. The molecule has 1 aliphatic rings. The molecule has 88 valence electrons. The third-order valence-electron chi connectivity index (χ3n) is 3.15. The molecule has 3 heteroatoms. The molecule has 0 fully saturated rings. The summed E-state index contributed by atoms with van der Waals surface area (Å²) in [5, 5.41) is 21.4. The Labute approximate surface area is 111 Å². The second-order valence-corrected chi connectivity index (χ2v) is 4.19. The first-order valence-electron chi connectivity index (χ1n) is 5.85. The third kappa shape index (κ3) is 1.66. The van der Waals surface area contributed by atoms with E-state index in [2.05, 4.69) is 5.32 Å². The van der Waals surface area contributed by atoms with Crippen LogP contribution in [0.4, 0.5) is 5.69 Å². The summed E-state index contributed by atoms with van der Waals surface area (Å²) in [4.78, 5) is 0. The summed E-state index contributed by atoms with van der Waals surface area (Å²) in [6.45, 7) is 0. The van der Waals surface area contributed by atoms with Crippen LogP contribution in [0.5, 0.6) is 0 Å². The van der Waals surface area contributed by atoms with E-state index in [1.165, 1.54) is 0 Å². The zero-order chi connectivity index (χ0) is 13.2. The highest BCUT2D eigenvalue weighted by Gasteiger charge is 2.21. The van der Waals surface area contributed by atoms with Crippen molar-refractivity contribution < 1.29 is 0 Å². The molecule has 2 aromatic rings. The molecule has 0 aromatic heterocycles. The van der Waals surface area contributed by atoms with E-state index in [1.54, 1.807) is 0 Å². The Morgan fingerprint density at radius 1 is 0.789 bits per heavy atom. The van der Waals surface area contributed by atoms with Crippen molar-refractivity contribution in [1.82, 2.24) is 0 Å². The molecule has 0 radical (unpaired) electrons. The standard InChI is InChI=1S/C16H9N3/c17-9-11(10-18)16-14-7-2-1-5-12(14)13-6-3-4-8-15(13)19-16/h1-8,19H. The fraction of sp³-hybridized carbons (Fsp3) is 0. The number of hydrogen-bond donors (Lipinski definition) is 1. The SMILES string of the molecule is N#CC(C#N)=C1Nc2ccccc2-c2ccccc21. The minimum atomic E-state index is 0.0990. The first-order chi connectivity index (χ1) is 9.35. The molecule has 3 rings (SSSR count). The van der Waals surface area contributed by atoms with E-state index >= 15 is 0 Å². The summed E-state index contributed by atoms with van der Waals surface area (Å²) in [6, 6.07) is 19.5. The average molecular weight is 243 g/mol. The van der Waals surface area contributed by atoms with Gasteiger partial charge in [0.25, 0.3) is 0 Å². The summed E-state index contributed by atoms with van der Waals surface area (Å²) < 4.78 is 0. The molecule has 0 unspecified atom stereocenters. The molecule has 0 saturated heterocycles. The topological polar surface area (TPSA) is 59.6 Å². The third-order valence-corrected chi connectivity index (χ3v) is 3.15. The van der Waals surface area contributed by atoms with Gasteiger partial charge in [-0.2, -0.15) is 10.5 Å².